The average molecular weight is 265 g/mol. The molecule has 0 N–H and O–H groups in total. The van der Waals surface area contributed by atoms with Gasteiger partial charge in [0.15, 0.2) is 0 Å². The molecule has 1 aliphatic rings. The third kappa shape index (κ3) is 2.60. The molecule has 2 heteroatoms. The lowest BCUT2D eigenvalue weighted by atomic mass is 9.96. The second kappa shape index (κ2) is 5.49. The van der Waals surface area contributed by atoms with E-state index >= 15 is 0 Å². The first-order valence-corrected chi connectivity index (χ1v) is 7.06. The van der Waals surface area contributed by atoms with Gasteiger partial charge in [0.25, 0.3) is 0 Å². The number of hydrogen-bond acceptors (Lipinski definition) is 2. The molecular formula is C18H19NO. The normalized spacial score (nSPS) is 13.6. The Balaban J connectivity index is 1.84. The maximum Gasteiger partial charge on any atom is 0.123 e. The summed E-state index contributed by atoms with van der Waals surface area (Å²) in [6.45, 7) is 5.70. The van der Waals surface area contributed by atoms with Crippen molar-refractivity contribution in [3.8, 4) is 5.75 Å². The minimum atomic E-state index is 0.608. The van der Waals surface area contributed by atoms with Crippen LogP contribution in [-0.2, 0) is 13.0 Å². The minimum Gasteiger partial charge on any atom is -0.489 e. The lowest BCUT2D eigenvalue weighted by Gasteiger charge is -2.18. The summed E-state index contributed by atoms with van der Waals surface area (Å²) in [5.41, 5.74) is 6.15. The van der Waals surface area contributed by atoms with Crippen LogP contribution in [0.25, 0.3) is 0 Å². The van der Waals surface area contributed by atoms with Crippen LogP contribution in [0.2, 0.25) is 0 Å². The van der Waals surface area contributed by atoms with E-state index in [1.54, 1.807) is 0 Å². The molecule has 1 aliphatic heterocycles. The highest BCUT2D eigenvalue weighted by Crippen LogP contribution is 2.27. The van der Waals surface area contributed by atoms with E-state index in [2.05, 4.69) is 43.1 Å². The Bertz CT molecular complexity index is 644. The van der Waals surface area contributed by atoms with Crippen molar-refractivity contribution in [2.24, 2.45) is 4.99 Å². The molecule has 0 amide bonds. The molecule has 102 valence electrons. The molecule has 0 atom stereocenters. The highest BCUT2D eigenvalue weighted by Gasteiger charge is 2.14. The van der Waals surface area contributed by atoms with Gasteiger partial charge in [-0.15, -0.1) is 0 Å². The van der Waals surface area contributed by atoms with E-state index in [1.165, 1.54) is 22.3 Å². The van der Waals surface area contributed by atoms with E-state index in [4.69, 9.17) is 4.74 Å². The molecule has 20 heavy (non-hydrogen) atoms. The summed E-state index contributed by atoms with van der Waals surface area (Å²) in [5, 5.41) is 0. The summed E-state index contributed by atoms with van der Waals surface area (Å²) >= 11 is 0. The van der Waals surface area contributed by atoms with Gasteiger partial charge in [0, 0.05) is 17.8 Å². The zero-order valence-corrected chi connectivity index (χ0v) is 12.0. The summed E-state index contributed by atoms with van der Waals surface area (Å²) in [5.74, 6) is 0.962. The lowest BCUT2D eigenvalue weighted by molar-refractivity contribution is 0.304. The van der Waals surface area contributed by atoms with Gasteiger partial charge in [-0.2, -0.15) is 0 Å². The number of hydrogen-bond donors (Lipinski definition) is 0. The SMILES string of the molecule is CC1=NCCc2cc(C)c(OCc3ccccc3)cc21. The van der Waals surface area contributed by atoms with Crippen LogP contribution in [0.4, 0.5) is 0 Å². The summed E-state index contributed by atoms with van der Waals surface area (Å²) in [7, 11) is 0. The fraction of sp³-hybridized carbons (Fsp3) is 0.278. The Morgan fingerprint density at radius 1 is 1.10 bits per heavy atom. The van der Waals surface area contributed by atoms with Crippen LogP contribution in [0, 0.1) is 6.92 Å². The van der Waals surface area contributed by atoms with E-state index in [0.29, 0.717) is 6.61 Å². The Hall–Kier alpha value is -2.09. The van der Waals surface area contributed by atoms with Crippen LogP contribution in [-0.4, -0.2) is 12.3 Å². The van der Waals surface area contributed by atoms with Crippen molar-refractivity contribution in [1.82, 2.24) is 0 Å². The van der Waals surface area contributed by atoms with Crippen molar-refractivity contribution in [3.05, 3.63) is 64.7 Å². The van der Waals surface area contributed by atoms with Crippen LogP contribution < -0.4 is 4.74 Å². The predicted molar refractivity (Wildman–Crippen MR) is 82.7 cm³/mol. The Kier molecular flexibility index (Phi) is 3.55. The number of benzene rings is 2. The van der Waals surface area contributed by atoms with Gasteiger partial charge in [-0.1, -0.05) is 36.4 Å². The first-order chi connectivity index (χ1) is 9.74. The highest BCUT2D eigenvalue weighted by atomic mass is 16.5. The van der Waals surface area contributed by atoms with Crippen LogP contribution in [0.3, 0.4) is 0 Å². The van der Waals surface area contributed by atoms with Gasteiger partial charge < -0.3 is 4.74 Å². The quantitative estimate of drug-likeness (QED) is 0.823. The van der Waals surface area contributed by atoms with Gasteiger partial charge in [0.1, 0.15) is 12.4 Å². The first kappa shape index (κ1) is 12.9. The van der Waals surface area contributed by atoms with Gasteiger partial charge in [-0.3, -0.25) is 4.99 Å². The molecule has 2 aromatic rings. The van der Waals surface area contributed by atoms with Crippen LogP contribution in [0.15, 0.2) is 47.5 Å². The Morgan fingerprint density at radius 3 is 2.70 bits per heavy atom. The predicted octanol–water partition coefficient (Wildman–Crippen LogP) is 3.94. The van der Waals surface area contributed by atoms with Crippen molar-refractivity contribution >= 4 is 5.71 Å². The molecular weight excluding hydrogens is 246 g/mol. The van der Waals surface area contributed by atoms with Gasteiger partial charge in [0.05, 0.1) is 0 Å². The average Bonchev–Trinajstić information content (AvgIpc) is 2.47. The molecule has 0 aliphatic carbocycles. The number of aryl methyl sites for hydroxylation is 1. The molecule has 0 saturated heterocycles. The standard InChI is InChI=1S/C18H19NO/c1-13-10-16-8-9-19-14(2)17(16)11-18(13)20-12-15-6-4-3-5-7-15/h3-7,10-11H,8-9,12H2,1-2H3. The van der Waals surface area contributed by atoms with E-state index in [9.17, 15) is 0 Å². The third-order valence-electron chi connectivity index (χ3n) is 3.76. The van der Waals surface area contributed by atoms with Gasteiger partial charge >= 0.3 is 0 Å². The number of aliphatic imine (C=N–C) groups is 1. The number of rotatable bonds is 3. The molecule has 0 bridgehead atoms. The van der Waals surface area contributed by atoms with E-state index in [1.807, 2.05) is 18.2 Å². The molecule has 0 radical (unpaired) electrons. The third-order valence-corrected chi connectivity index (χ3v) is 3.76. The maximum atomic E-state index is 5.98. The van der Waals surface area contributed by atoms with Crippen molar-refractivity contribution in [1.29, 1.82) is 0 Å². The monoisotopic (exact) mass is 265 g/mol. The summed E-state index contributed by atoms with van der Waals surface area (Å²) < 4.78 is 5.98. The van der Waals surface area contributed by atoms with Crippen molar-refractivity contribution in [3.63, 3.8) is 0 Å². The zero-order chi connectivity index (χ0) is 13.9. The minimum absolute atomic E-state index is 0.608. The van der Waals surface area contributed by atoms with Gasteiger partial charge in [-0.05, 0) is 43.0 Å². The zero-order valence-electron chi connectivity index (χ0n) is 12.0. The lowest BCUT2D eigenvalue weighted by Crippen LogP contribution is -2.11. The smallest absolute Gasteiger partial charge is 0.123 e. The highest BCUT2D eigenvalue weighted by molar-refractivity contribution is 6.01. The largest absolute Gasteiger partial charge is 0.489 e. The van der Waals surface area contributed by atoms with Crippen molar-refractivity contribution in [2.45, 2.75) is 26.9 Å². The van der Waals surface area contributed by atoms with Crippen molar-refractivity contribution < 1.29 is 4.74 Å². The first-order valence-electron chi connectivity index (χ1n) is 7.06. The maximum absolute atomic E-state index is 5.98. The van der Waals surface area contributed by atoms with Gasteiger partial charge in [0.2, 0.25) is 0 Å². The number of ether oxygens (including phenoxy) is 1. The molecule has 3 rings (SSSR count). The number of nitrogens with zero attached hydrogens (tertiary/aromatic N) is 1. The topological polar surface area (TPSA) is 21.6 Å². The molecule has 2 aromatic carbocycles. The summed E-state index contributed by atoms with van der Waals surface area (Å²) in [4.78, 5) is 4.52. The second-order valence-corrected chi connectivity index (χ2v) is 5.27. The molecule has 1 heterocycles. The van der Waals surface area contributed by atoms with E-state index in [-0.39, 0.29) is 0 Å². The molecule has 0 unspecified atom stereocenters. The fourth-order valence-electron chi connectivity index (χ4n) is 2.61. The van der Waals surface area contributed by atoms with Crippen molar-refractivity contribution in [2.75, 3.05) is 6.54 Å². The molecule has 0 saturated carbocycles. The van der Waals surface area contributed by atoms with Crippen LogP contribution >= 0.6 is 0 Å². The molecule has 0 aromatic heterocycles. The fourth-order valence-corrected chi connectivity index (χ4v) is 2.61. The van der Waals surface area contributed by atoms with Crippen LogP contribution in [0.1, 0.15) is 29.2 Å². The molecule has 0 spiro atoms. The Morgan fingerprint density at radius 2 is 1.90 bits per heavy atom. The molecule has 2 nitrogen and oxygen atoms in total. The second-order valence-electron chi connectivity index (χ2n) is 5.27. The van der Waals surface area contributed by atoms with E-state index in [0.717, 1.165) is 24.4 Å². The Labute approximate surface area is 120 Å². The summed E-state index contributed by atoms with van der Waals surface area (Å²) in [6, 6.07) is 14.7. The molecule has 0 fully saturated rings. The number of fused-ring (bicyclic) bond motifs is 1. The van der Waals surface area contributed by atoms with Gasteiger partial charge in [-0.25, -0.2) is 0 Å². The summed E-state index contributed by atoms with van der Waals surface area (Å²) in [6.07, 6.45) is 1.03. The van der Waals surface area contributed by atoms with Crippen LogP contribution in [0.5, 0.6) is 5.75 Å². The van der Waals surface area contributed by atoms with E-state index < -0.39 is 0 Å².